The number of carbonyl (C=O) groups excluding carboxylic acids is 2. The van der Waals surface area contributed by atoms with Gasteiger partial charge in [0.2, 0.25) is 5.91 Å². The van der Waals surface area contributed by atoms with E-state index in [1.807, 2.05) is 38.2 Å². The van der Waals surface area contributed by atoms with E-state index in [1.165, 1.54) is 0 Å². The Morgan fingerprint density at radius 3 is 2.91 bits per heavy atom. The van der Waals surface area contributed by atoms with Crippen LogP contribution in [0.15, 0.2) is 30.3 Å². The van der Waals surface area contributed by atoms with Gasteiger partial charge in [-0.25, -0.2) is 0 Å². The minimum atomic E-state index is -0.253. The van der Waals surface area contributed by atoms with Crippen LogP contribution in [0.4, 0.5) is 0 Å². The Balaban J connectivity index is 1.61. The van der Waals surface area contributed by atoms with E-state index in [0.717, 1.165) is 17.0 Å². The monoisotopic (exact) mass is 298 g/mol. The van der Waals surface area contributed by atoms with Crippen LogP contribution < -0.4 is 10.6 Å². The number of hydrogen-bond donors (Lipinski definition) is 2. The topological polar surface area (TPSA) is 76.0 Å². The van der Waals surface area contributed by atoms with E-state index in [-0.39, 0.29) is 24.3 Å². The molecule has 1 aromatic carbocycles. The van der Waals surface area contributed by atoms with E-state index >= 15 is 0 Å². The number of nitrogens with zero attached hydrogens (tertiary/aromatic N) is 2. The highest BCUT2D eigenvalue weighted by molar-refractivity contribution is 5.99. The minimum absolute atomic E-state index is 0.0964. The molecule has 0 spiro atoms. The first-order chi connectivity index (χ1) is 10.5. The fraction of sp³-hybridized carbons (Fsp3) is 0.312. The van der Waals surface area contributed by atoms with E-state index in [9.17, 15) is 9.59 Å². The summed E-state index contributed by atoms with van der Waals surface area (Å²) in [5.74, 6) is -0.212. The number of benzene rings is 1. The number of amides is 2. The number of carbonyl (C=O) groups is 2. The first kappa shape index (κ1) is 14.3. The molecule has 0 bridgehead atoms. The Kier molecular flexibility index (Phi) is 3.66. The van der Waals surface area contributed by atoms with Crippen LogP contribution in [0.25, 0.3) is 0 Å². The molecule has 0 saturated heterocycles. The van der Waals surface area contributed by atoms with Crippen molar-refractivity contribution in [3.8, 4) is 0 Å². The van der Waals surface area contributed by atoms with Crippen LogP contribution in [-0.2, 0) is 18.4 Å². The van der Waals surface area contributed by atoms with Crippen molar-refractivity contribution in [1.82, 2.24) is 20.4 Å². The van der Waals surface area contributed by atoms with Gasteiger partial charge in [0.15, 0.2) is 0 Å². The molecule has 2 N–H and O–H groups in total. The third kappa shape index (κ3) is 2.72. The van der Waals surface area contributed by atoms with E-state index in [1.54, 1.807) is 10.7 Å². The minimum Gasteiger partial charge on any atom is -0.350 e. The summed E-state index contributed by atoms with van der Waals surface area (Å²) in [6.07, 6.45) is 0.236. The lowest BCUT2D eigenvalue weighted by Gasteiger charge is -2.12. The van der Waals surface area contributed by atoms with Gasteiger partial charge >= 0.3 is 0 Å². The molecule has 2 aromatic rings. The van der Waals surface area contributed by atoms with Crippen LogP contribution in [0.5, 0.6) is 0 Å². The van der Waals surface area contributed by atoms with Crippen LogP contribution in [0.2, 0.25) is 0 Å². The number of nitrogens with one attached hydrogen (secondary N) is 2. The van der Waals surface area contributed by atoms with E-state index in [2.05, 4.69) is 15.7 Å². The van der Waals surface area contributed by atoms with Crippen LogP contribution in [-0.4, -0.2) is 21.6 Å². The summed E-state index contributed by atoms with van der Waals surface area (Å²) in [6.45, 7) is 2.34. The van der Waals surface area contributed by atoms with Crippen molar-refractivity contribution in [1.29, 1.82) is 0 Å². The molecule has 2 heterocycles. The summed E-state index contributed by atoms with van der Waals surface area (Å²) in [6, 6.07) is 9.05. The summed E-state index contributed by atoms with van der Waals surface area (Å²) in [7, 11) is 1.85. The largest absolute Gasteiger partial charge is 0.350 e. The summed E-state index contributed by atoms with van der Waals surface area (Å²) in [5, 5.41) is 9.96. The predicted octanol–water partition coefficient (Wildman–Crippen LogP) is 1.22. The summed E-state index contributed by atoms with van der Waals surface area (Å²) >= 11 is 0. The second-order valence-corrected chi connectivity index (χ2v) is 5.49. The van der Waals surface area contributed by atoms with E-state index in [0.29, 0.717) is 12.1 Å². The molecule has 0 fully saturated rings. The fourth-order valence-electron chi connectivity index (χ4n) is 2.76. The number of hydrogen-bond acceptors (Lipinski definition) is 3. The average molecular weight is 298 g/mol. The van der Waals surface area contributed by atoms with Crippen molar-refractivity contribution in [3.05, 3.63) is 52.8 Å². The third-order valence-electron chi connectivity index (χ3n) is 3.84. The number of fused-ring (bicyclic) bond motifs is 1. The molecule has 6 nitrogen and oxygen atoms in total. The predicted molar refractivity (Wildman–Crippen MR) is 81.1 cm³/mol. The van der Waals surface area contributed by atoms with Gasteiger partial charge in [-0.15, -0.1) is 0 Å². The quantitative estimate of drug-likeness (QED) is 0.891. The van der Waals surface area contributed by atoms with Gasteiger partial charge in [-0.1, -0.05) is 18.2 Å². The molecule has 1 aliphatic heterocycles. The van der Waals surface area contributed by atoms with Gasteiger partial charge in [0, 0.05) is 12.6 Å². The molecule has 6 heteroatoms. The lowest BCUT2D eigenvalue weighted by Crippen LogP contribution is -2.29. The molecular weight excluding hydrogens is 280 g/mol. The molecule has 3 rings (SSSR count). The molecular formula is C16H18N4O2. The summed E-state index contributed by atoms with van der Waals surface area (Å²) in [5.41, 5.74) is 3.41. The number of aromatic nitrogens is 2. The first-order valence-corrected chi connectivity index (χ1v) is 7.20. The van der Waals surface area contributed by atoms with Gasteiger partial charge in [-0.3, -0.25) is 14.3 Å². The normalized spacial score (nSPS) is 16.3. The van der Waals surface area contributed by atoms with Gasteiger partial charge in [-0.05, 0) is 24.6 Å². The summed E-state index contributed by atoms with van der Waals surface area (Å²) in [4.78, 5) is 23.9. The molecule has 114 valence electrons. The lowest BCUT2D eigenvalue weighted by atomic mass is 10.0. The zero-order valence-electron chi connectivity index (χ0n) is 12.6. The highest BCUT2D eigenvalue weighted by atomic mass is 16.2. The highest BCUT2D eigenvalue weighted by Crippen LogP contribution is 2.27. The van der Waals surface area contributed by atoms with Crippen molar-refractivity contribution < 1.29 is 9.59 Å². The molecule has 0 radical (unpaired) electrons. The van der Waals surface area contributed by atoms with Crippen molar-refractivity contribution in [2.75, 3.05) is 0 Å². The zero-order chi connectivity index (χ0) is 15.7. The molecule has 0 unspecified atom stereocenters. The van der Waals surface area contributed by atoms with Crippen LogP contribution in [0.1, 0.15) is 39.8 Å². The van der Waals surface area contributed by atoms with Crippen molar-refractivity contribution in [2.24, 2.45) is 7.05 Å². The van der Waals surface area contributed by atoms with Gasteiger partial charge in [0.05, 0.1) is 30.4 Å². The third-order valence-corrected chi connectivity index (χ3v) is 3.84. The molecule has 1 aliphatic rings. The Labute approximate surface area is 128 Å². The Hall–Kier alpha value is -2.63. The maximum absolute atomic E-state index is 12.1. The van der Waals surface area contributed by atoms with E-state index in [4.69, 9.17) is 0 Å². The maximum Gasteiger partial charge on any atom is 0.252 e. The van der Waals surface area contributed by atoms with Gasteiger partial charge in [-0.2, -0.15) is 5.10 Å². The van der Waals surface area contributed by atoms with Crippen molar-refractivity contribution in [2.45, 2.75) is 25.9 Å². The molecule has 0 aliphatic carbocycles. The van der Waals surface area contributed by atoms with Crippen molar-refractivity contribution in [3.63, 3.8) is 0 Å². The Morgan fingerprint density at radius 2 is 2.18 bits per heavy atom. The van der Waals surface area contributed by atoms with Gasteiger partial charge in [0.25, 0.3) is 5.91 Å². The zero-order valence-corrected chi connectivity index (χ0v) is 12.6. The van der Waals surface area contributed by atoms with E-state index < -0.39 is 0 Å². The molecule has 1 aromatic heterocycles. The molecule has 0 saturated carbocycles. The Morgan fingerprint density at radius 1 is 1.41 bits per heavy atom. The fourth-order valence-corrected chi connectivity index (χ4v) is 2.76. The van der Waals surface area contributed by atoms with Gasteiger partial charge < -0.3 is 10.6 Å². The second kappa shape index (κ2) is 5.63. The standard InChI is InChI=1S/C16H18N4O2/c1-10-7-11(20(2)19-10)9-17-15(21)8-14-12-5-3-4-6-13(12)16(22)18-14/h3-7,14H,8-9H2,1-2H3,(H,17,21)(H,18,22)/t14-/m1/s1. The van der Waals surface area contributed by atoms with Crippen LogP contribution >= 0.6 is 0 Å². The van der Waals surface area contributed by atoms with Crippen LogP contribution in [0.3, 0.4) is 0 Å². The smallest absolute Gasteiger partial charge is 0.252 e. The summed E-state index contributed by atoms with van der Waals surface area (Å²) < 4.78 is 1.75. The van der Waals surface area contributed by atoms with Gasteiger partial charge in [0.1, 0.15) is 0 Å². The lowest BCUT2D eigenvalue weighted by molar-refractivity contribution is -0.121. The van der Waals surface area contributed by atoms with Crippen molar-refractivity contribution >= 4 is 11.8 Å². The first-order valence-electron chi connectivity index (χ1n) is 7.20. The SMILES string of the molecule is Cc1cc(CNC(=O)C[C@H]2NC(=O)c3ccccc32)n(C)n1. The highest BCUT2D eigenvalue weighted by Gasteiger charge is 2.29. The second-order valence-electron chi connectivity index (χ2n) is 5.49. The molecule has 1 atom stereocenters. The average Bonchev–Trinajstić information content (AvgIpc) is 2.97. The molecule has 22 heavy (non-hydrogen) atoms. The Bertz CT molecular complexity index is 735. The maximum atomic E-state index is 12.1. The van der Waals surface area contributed by atoms with Crippen LogP contribution in [0, 0.1) is 6.92 Å². The number of aryl methyl sites for hydroxylation is 2. The number of rotatable bonds is 4. The molecule has 2 amide bonds.